The maximum absolute atomic E-state index is 11.3. The van der Waals surface area contributed by atoms with E-state index in [2.05, 4.69) is 10.6 Å². The second-order valence-corrected chi connectivity index (χ2v) is 3.28. The van der Waals surface area contributed by atoms with Gasteiger partial charge in [0.05, 0.1) is 0 Å². The van der Waals surface area contributed by atoms with Crippen LogP contribution in [-0.2, 0) is 9.59 Å². The third-order valence-electron chi connectivity index (χ3n) is 1.88. The van der Waals surface area contributed by atoms with Crippen molar-refractivity contribution in [2.45, 2.75) is 26.8 Å². The van der Waals surface area contributed by atoms with Crippen molar-refractivity contribution >= 4 is 11.9 Å². The Balaban J connectivity index is 3.88. The van der Waals surface area contributed by atoms with Gasteiger partial charge in [0.25, 0.3) is 0 Å². The van der Waals surface area contributed by atoms with Crippen molar-refractivity contribution in [1.29, 1.82) is 0 Å². The van der Waals surface area contributed by atoms with Gasteiger partial charge < -0.3 is 15.7 Å². The molecule has 5 nitrogen and oxygen atoms in total. The minimum absolute atomic E-state index is 0.211. The second kappa shape index (κ2) is 6.37. The van der Waals surface area contributed by atoms with Crippen LogP contribution in [0.4, 0.5) is 0 Å². The molecule has 0 aromatic heterocycles. The van der Waals surface area contributed by atoms with Gasteiger partial charge in [-0.15, -0.1) is 0 Å². The lowest BCUT2D eigenvalue weighted by Gasteiger charge is -2.14. The van der Waals surface area contributed by atoms with E-state index in [1.165, 1.54) is 6.92 Å². The molecule has 1 amide bonds. The predicted octanol–water partition coefficient (Wildman–Crippen LogP) is -0.179. The fraction of sp³-hybridized carbons (Fsp3) is 0.778. The molecule has 1 unspecified atom stereocenters. The van der Waals surface area contributed by atoms with Crippen molar-refractivity contribution < 1.29 is 14.7 Å². The van der Waals surface area contributed by atoms with Crippen LogP contribution in [0, 0.1) is 5.92 Å². The molecule has 0 aliphatic heterocycles. The second-order valence-electron chi connectivity index (χ2n) is 3.28. The Morgan fingerprint density at radius 2 is 1.93 bits per heavy atom. The molecule has 5 heteroatoms. The fourth-order valence-corrected chi connectivity index (χ4v) is 0.871. The summed E-state index contributed by atoms with van der Waals surface area (Å²) in [5, 5.41) is 14.0. The number of amides is 1. The zero-order valence-corrected chi connectivity index (χ0v) is 8.83. The van der Waals surface area contributed by atoms with E-state index in [1.54, 1.807) is 6.92 Å². The van der Waals surface area contributed by atoms with E-state index in [9.17, 15) is 9.59 Å². The van der Waals surface area contributed by atoms with E-state index in [1.807, 2.05) is 6.92 Å². The molecule has 14 heavy (non-hydrogen) atoms. The number of carboxylic acid groups (broad SMARTS) is 1. The molecule has 0 aliphatic carbocycles. The van der Waals surface area contributed by atoms with E-state index >= 15 is 0 Å². The largest absolute Gasteiger partial charge is 0.480 e. The molecule has 0 aromatic carbocycles. The summed E-state index contributed by atoms with van der Waals surface area (Å²) in [5.41, 5.74) is 0. The molecule has 0 saturated heterocycles. The van der Waals surface area contributed by atoms with Crippen molar-refractivity contribution in [3.63, 3.8) is 0 Å². The number of hydrogen-bond acceptors (Lipinski definition) is 3. The molecular formula is C9H18N2O3. The number of carbonyl (C=O) groups is 2. The Morgan fingerprint density at radius 1 is 1.36 bits per heavy atom. The average molecular weight is 202 g/mol. The minimum atomic E-state index is -1.02. The summed E-state index contributed by atoms with van der Waals surface area (Å²) in [7, 11) is 0. The monoisotopic (exact) mass is 202 g/mol. The van der Waals surface area contributed by atoms with Crippen molar-refractivity contribution in [3.05, 3.63) is 0 Å². The summed E-state index contributed by atoms with van der Waals surface area (Å²) in [6.07, 6.45) is 0. The number of hydrogen-bond donors (Lipinski definition) is 3. The molecule has 0 saturated carbocycles. The maximum Gasteiger partial charge on any atom is 0.325 e. The van der Waals surface area contributed by atoms with E-state index < -0.39 is 12.0 Å². The van der Waals surface area contributed by atoms with Crippen LogP contribution >= 0.6 is 0 Å². The highest BCUT2D eigenvalue weighted by atomic mass is 16.4. The van der Waals surface area contributed by atoms with Gasteiger partial charge in [0.1, 0.15) is 6.04 Å². The first-order chi connectivity index (χ1) is 6.49. The number of nitrogens with one attached hydrogen (secondary N) is 2. The highest BCUT2D eigenvalue weighted by Crippen LogP contribution is 1.94. The lowest BCUT2D eigenvalue weighted by molar-refractivity contribution is -0.141. The first kappa shape index (κ1) is 12.9. The van der Waals surface area contributed by atoms with Crippen LogP contribution in [0.1, 0.15) is 20.8 Å². The minimum Gasteiger partial charge on any atom is -0.480 e. The van der Waals surface area contributed by atoms with Crippen LogP contribution in [-0.4, -0.2) is 36.1 Å². The average Bonchev–Trinajstić information content (AvgIpc) is 2.13. The Hall–Kier alpha value is -1.10. The quantitative estimate of drug-likeness (QED) is 0.558. The topological polar surface area (TPSA) is 78.4 Å². The molecule has 0 aromatic rings. The molecule has 0 aliphatic rings. The van der Waals surface area contributed by atoms with Crippen molar-refractivity contribution in [2.24, 2.45) is 5.92 Å². The van der Waals surface area contributed by atoms with Crippen LogP contribution < -0.4 is 10.6 Å². The molecule has 0 spiro atoms. The smallest absolute Gasteiger partial charge is 0.325 e. The third kappa shape index (κ3) is 4.81. The highest BCUT2D eigenvalue weighted by Gasteiger charge is 2.18. The molecular weight excluding hydrogens is 184 g/mol. The van der Waals surface area contributed by atoms with E-state index in [4.69, 9.17) is 5.11 Å². The number of rotatable bonds is 6. The van der Waals surface area contributed by atoms with Gasteiger partial charge in [0, 0.05) is 12.5 Å². The van der Waals surface area contributed by atoms with Crippen LogP contribution in [0.5, 0.6) is 0 Å². The number of aliphatic carboxylic acids is 1. The summed E-state index contributed by atoms with van der Waals surface area (Å²) in [5.74, 6) is -1.47. The zero-order chi connectivity index (χ0) is 11.1. The summed E-state index contributed by atoms with van der Waals surface area (Å²) in [6.45, 7) is 6.51. The van der Waals surface area contributed by atoms with E-state index in [0.29, 0.717) is 6.54 Å². The molecule has 0 rings (SSSR count). The first-order valence-corrected chi connectivity index (χ1v) is 4.73. The molecule has 2 atom stereocenters. The van der Waals surface area contributed by atoms with Gasteiger partial charge in [-0.1, -0.05) is 13.8 Å². The predicted molar refractivity (Wildman–Crippen MR) is 52.9 cm³/mol. The van der Waals surface area contributed by atoms with Crippen LogP contribution in [0.2, 0.25) is 0 Å². The first-order valence-electron chi connectivity index (χ1n) is 4.73. The molecule has 0 bridgehead atoms. The van der Waals surface area contributed by atoms with Gasteiger partial charge in [0.2, 0.25) is 5.91 Å². The lowest BCUT2D eigenvalue weighted by atomic mass is 10.1. The Kier molecular flexibility index (Phi) is 5.87. The molecule has 0 heterocycles. The zero-order valence-electron chi connectivity index (χ0n) is 8.83. The van der Waals surface area contributed by atoms with Gasteiger partial charge in [-0.2, -0.15) is 0 Å². The van der Waals surface area contributed by atoms with Crippen molar-refractivity contribution in [2.75, 3.05) is 13.1 Å². The maximum atomic E-state index is 11.3. The van der Waals surface area contributed by atoms with E-state index in [-0.39, 0.29) is 11.8 Å². The van der Waals surface area contributed by atoms with Crippen molar-refractivity contribution in [1.82, 2.24) is 10.6 Å². The number of carboxylic acids is 1. The molecule has 82 valence electrons. The Labute approximate surface area is 83.9 Å². The Morgan fingerprint density at radius 3 is 2.36 bits per heavy atom. The van der Waals surface area contributed by atoms with Gasteiger partial charge in [0.15, 0.2) is 0 Å². The van der Waals surface area contributed by atoms with Gasteiger partial charge in [-0.3, -0.25) is 9.59 Å². The van der Waals surface area contributed by atoms with Gasteiger partial charge >= 0.3 is 5.97 Å². The third-order valence-corrected chi connectivity index (χ3v) is 1.88. The van der Waals surface area contributed by atoms with E-state index in [0.717, 1.165) is 6.54 Å². The highest BCUT2D eigenvalue weighted by molar-refractivity contribution is 5.84. The summed E-state index contributed by atoms with van der Waals surface area (Å²) >= 11 is 0. The van der Waals surface area contributed by atoms with Gasteiger partial charge in [-0.05, 0) is 13.5 Å². The van der Waals surface area contributed by atoms with Crippen LogP contribution in [0.25, 0.3) is 0 Å². The summed E-state index contributed by atoms with van der Waals surface area (Å²) < 4.78 is 0. The Bertz CT molecular complexity index is 206. The molecule has 3 N–H and O–H groups in total. The van der Waals surface area contributed by atoms with Gasteiger partial charge in [-0.25, -0.2) is 0 Å². The summed E-state index contributed by atoms with van der Waals surface area (Å²) in [6, 6.07) is -0.827. The summed E-state index contributed by atoms with van der Waals surface area (Å²) in [4.78, 5) is 21.8. The molecule has 0 fully saturated rings. The van der Waals surface area contributed by atoms with Crippen molar-refractivity contribution in [3.8, 4) is 0 Å². The standard InChI is InChI=1S/C9H18N2O3/c1-4-10-5-6(2)8(12)11-7(3)9(13)14/h6-7,10H,4-5H2,1-3H3,(H,11,12)(H,13,14)/t6?,7-/m0/s1. The lowest BCUT2D eigenvalue weighted by Crippen LogP contribution is -2.43. The fourth-order valence-electron chi connectivity index (χ4n) is 0.871. The normalized spacial score (nSPS) is 14.5. The molecule has 0 radical (unpaired) electrons. The SMILES string of the molecule is CCNCC(C)C(=O)N[C@@H](C)C(=O)O. The van der Waals surface area contributed by atoms with Crippen LogP contribution in [0.15, 0.2) is 0 Å². The number of carbonyl (C=O) groups excluding carboxylic acids is 1. The van der Waals surface area contributed by atoms with Crippen LogP contribution in [0.3, 0.4) is 0 Å².